The number of hydrogen-bond donors (Lipinski definition) is 3. The molecule has 0 atom stereocenters. The van der Waals surface area contributed by atoms with Crippen LogP contribution in [0.15, 0.2) is 42.5 Å². The number of halogens is 1. The Labute approximate surface area is 141 Å². The Balaban J connectivity index is 0.00000192. The maximum absolute atomic E-state index is 12.1. The number of carbonyl (C=O) groups excluding carboxylic acids is 1. The number of amides is 2. The molecule has 0 fully saturated rings. The Kier molecular flexibility index (Phi) is 5.84. The molecular weight excluding hydrogens is 314 g/mol. The van der Waals surface area contributed by atoms with Crippen molar-refractivity contribution in [2.45, 2.75) is 13.0 Å². The highest BCUT2D eigenvalue weighted by molar-refractivity contribution is 6.00. The van der Waals surface area contributed by atoms with E-state index in [1.165, 1.54) is 11.1 Å². The number of urea groups is 1. The maximum atomic E-state index is 12.1. The lowest BCUT2D eigenvalue weighted by atomic mass is 10.0. The van der Waals surface area contributed by atoms with Crippen molar-refractivity contribution in [1.29, 1.82) is 0 Å². The highest BCUT2D eigenvalue weighted by atomic mass is 35.5. The number of para-hydroxylation sites is 2. The Morgan fingerprint density at radius 3 is 2.78 bits per heavy atom. The second-order valence-corrected chi connectivity index (χ2v) is 5.19. The van der Waals surface area contributed by atoms with Crippen molar-refractivity contribution >= 4 is 29.8 Å². The molecule has 0 radical (unpaired) electrons. The second-order valence-electron chi connectivity index (χ2n) is 5.19. The van der Waals surface area contributed by atoms with E-state index in [0.717, 1.165) is 25.2 Å². The highest BCUT2D eigenvalue weighted by Gasteiger charge is 2.11. The van der Waals surface area contributed by atoms with Crippen LogP contribution < -0.4 is 20.7 Å². The molecule has 122 valence electrons. The lowest BCUT2D eigenvalue weighted by molar-refractivity contribution is 0.262. The van der Waals surface area contributed by atoms with Gasteiger partial charge in [0.25, 0.3) is 0 Å². The van der Waals surface area contributed by atoms with E-state index < -0.39 is 0 Å². The Bertz CT molecular complexity index is 691. The van der Waals surface area contributed by atoms with Gasteiger partial charge in [0, 0.05) is 12.2 Å². The third-order valence-electron chi connectivity index (χ3n) is 3.71. The standard InChI is InChI=1S/C17H19N3O2.ClH/c1-22-16-5-3-2-4-15(16)20-17(21)19-14-7-6-13-11-18-9-8-12(13)10-14;/h2-7,10,18H,8-9,11H2,1H3,(H2,19,20,21);1H. The molecular formula is C17H20ClN3O2. The van der Waals surface area contributed by atoms with Gasteiger partial charge < -0.3 is 20.7 Å². The Hall–Kier alpha value is -2.24. The molecule has 3 rings (SSSR count). The first-order chi connectivity index (χ1) is 10.8. The molecule has 0 bridgehead atoms. The number of rotatable bonds is 3. The summed E-state index contributed by atoms with van der Waals surface area (Å²) < 4.78 is 5.22. The van der Waals surface area contributed by atoms with Crippen LogP contribution in [0.5, 0.6) is 5.75 Å². The first kappa shape index (κ1) is 17.1. The van der Waals surface area contributed by atoms with E-state index in [-0.39, 0.29) is 18.4 Å². The second kappa shape index (κ2) is 7.85. The number of benzene rings is 2. The normalized spacial score (nSPS) is 12.6. The Morgan fingerprint density at radius 2 is 1.96 bits per heavy atom. The van der Waals surface area contributed by atoms with Gasteiger partial charge in [-0.25, -0.2) is 4.79 Å². The van der Waals surface area contributed by atoms with Crippen LogP contribution in [0.3, 0.4) is 0 Å². The highest BCUT2D eigenvalue weighted by Crippen LogP contribution is 2.24. The van der Waals surface area contributed by atoms with Crippen LogP contribution in [-0.2, 0) is 13.0 Å². The predicted octanol–water partition coefficient (Wildman–Crippen LogP) is 3.41. The maximum Gasteiger partial charge on any atom is 0.323 e. The van der Waals surface area contributed by atoms with E-state index in [4.69, 9.17) is 4.74 Å². The van der Waals surface area contributed by atoms with Gasteiger partial charge in [-0.05, 0) is 48.4 Å². The molecule has 2 aromatic rings. The summed E-state index contributed by atoms with van der Waals surface area (Å²) in [7, 11) is 1.58. The van der Waals surface area contributed by atoms with Crippen LogP contribution in [0.1, 0.15) is 11.1 Å². The van der Waals surface area contributed by atoms with E-state index in [1.54, 1.807) is 13.2 Å². The van der Waals surface area contributed by atoms with E-state index in [2.05, 4.69) is 22.0 Å². The van der Waals surface area contributed by atoms with Gasteiger partial charge in [0.2, 0.25) is 0 Å². The van der Waals surface area contributed by atoms with Gasteiger partial charge in [-0.15, -0.1) is 12.4 Å². The van der Waals surface area contributed by atoms with Crippen LogP contribution in [0.4, 0.5) is 16.2 Å². The van der Waals surface area contributed by atoms with E-state index in [0.29, 0.717) is 11.4 Å². The minimum atomic E-state index is -0.279. The zero-order valence-corrected chi connectivity index (χ0v) is 13.7. The van der Waals surface area contributed by atoms with E-state index in [9.17, 15) is 4.79 Å². The number of ether oxygens (including phenoxy) is 1. The summed E-state index contributed by atoms with van der Waals surface area (Å²) in [4.78, 5) is 12.1. The van der Waals surface area contributed by atoms with Crippen molar-refractivity contribution < 1.29 is 9.53 Å². The molecule has 2 aromatic carbocycles. The largest absolute Gasteiger partial charge is 0.495 e. The quantitative estimate of drug-likeness (QED) is 0.806. The lowest BCUT2D eigenvalue weighted by Gasteiger charge is -2.18. The van der Waals surface area contributed by atoms with Crippen LogP contribution in [0.25, 0.3) is 0 Å². The van der Waals surface area contributed by atoms with Gasteiger partial charge >= 0.3 is 6.03 Å². The van der Waals surface area contributed by atoms with Gasteiger partial charge in [-0.1, -0.05) is 18.2 Å². The molecule has 6 heteroatoms. The molecule has 0 saturated heterocycles. The molecule has 5 nitrogen and oxygen atoms in total. The number of methoxy groups -OCH3 is 1. The number of anilines is 2. The van der Waals surface area contributed by atoms with E-state index in [1.807, 2.05) is 30.3 Å². The van der Waals surface area contributed by atoms with Gasteiger partial charge in [0.15, 0.2) is 0 Å². The summed E-state index contributed by atoms with van der Waals surface area (Å²) in [6.45, 7) is 1.87. The Morgan fingerprint density at radius 1 is 1.13 bits per heavy atom. The van der Waals surface area contributed by atoms with Gasteiger partial charge in [-0.3, -0.25) is 0 Å². The van der Waals surface area contributed by atoms with Crippen molar-refractivity contribution in [3.63, 3.8) is 0 Å². The summed E-state index contributed by atoms with van der Waals surface area (Å²) in [5.74, 6) is 0.633. The van der Waals surface area contributed by atoms with Gasteiger partial charge in [-0.2, -0.15) is 0 Å². The zero-order valence-electron chi connectivity index (χ0n) is 12.9. The summed E-state index contributed by atoms with van der Waals surface area (Å²) in [5, 5.41) is 9.00. The summed E-state index contributed by atoms with van der Waals surface area (Å²) in [6.07, 6.45) is 0.985. The molecule has 1 heterocycles. The summed E-state index contributed by atoms with van der Waals surface area (Å²) in [5.41, 5.74) is 4.02. The lowest BCUT2D eigenvalue weighted by Crippen LogP contribution is -2.24. The van der Waals surface area contributed by atoms with Crippen molar-refractivity contribution in [2.24, 2.45) is 0 Å². The molecule has 1 aliphatic rings. The van der Waals surface area contributed by atoms with Crippen LogP contribution >= 0.6 is 12.4 Å². The van der Waals surface area contributed by atoms with Gasteiger partial charge in [0.05, 0.1) is 12.8 Å². The first-order valence-electron chi connectivity index (χ1n) is 7.30. The molecule has 23 heavy (non-hydrogen) atoms. The fraction of sp³-hybridized carbons (Fsp3) is 0.235. The summed E-state index contributed by atoms with van der Waals surface area (Å²) >= 11 is 0. The molecule has 1 aliphatic heterocycles. The molecule has 2 amide bonds. The zero-order chi connectivity index (χ0) is 15.4. The number of nitrogens with one attached hydrogen (secondary N) is 3. The molecule has 0 aliphatic carbocycles. The number of hydrogen-bond acceptors (Lipinski definition) is 3. The third kappa shape index (κ3) is 4.15. The van der Waals surface area contributed by atoms with Crippen LogP contribution in [0, 0.1) is 0 Å². The molecule has 3 N–H and O–H groups in total. The first-order valence-corrected chi connectivity index (χ1v) is 7.30. The predicted molar refractivity (Wildman–Crippen MR) is 94.7 cm³/mol. The SMILES string of the molecule is COc1ccccc1NC(=O)Nc1ccc2c(c1)CCNC2.Cl. The minimum absolute atomic E-state index is 0. The third-order valence-corrected chi connectivity index (χ3v) is 3.71. The van der Waals surface area contributed by atoms with Gasteiger partial charge in [0.1, 0.15) is 5.75 Å². The minimum Gasteiger partial charge on any atom is -0.495 e. The topological polar surface area (TPSA) is 62.4 Å². The average Bonchev–Trinajstić information content (AvgIpc) is 2.55. The number of fused-ring (bicyclic) bond motifs is 1. The molecule has 0 saturated carbocycles. The van der Waals surface area contributed by atoms with Crippen molar-refractivity contribution in [3.8, 4) is 5.75 Å². The molecule has 0 unspecified atom stereocenters. The smallest absolute Gasteiger partial charge is 0.323 e. The van der Waals surface area contributed by atoms with Crippen LogP contribution in [-0.4, -0.2) is 19.7 Å². The van der Waals surface area contributed by atoms with Crippen molar-refractivity contribution in [3.05, 3.63) is 53.6 Å². The molecule has 0 aromatic heterocycles. The molecule has 0 spiro atoms. The van der Waals surface area contributed by atoms with Crippen molar-refractivity contribution in [2.75, 3.05) is 24.3 Å². The fourth-order valence-corrected chi connectivity index (χ4v) is 2.59. The summed E-state index contributed by atoms with van der Waals surface area (Å²) in [6, 6.07) is 13.1. The number of carbonyl (C=O) groups is 1. The monoisotopic (exact) mass is 333 g/mol. The van der Waals surface area contributed by atoms with Crippen LogP contribution in [0.2, 0.25) is 0 Å². The van der Waals surface area contributed by atoms with E-state index >= 15 is 0 Å². The average molecular weight is 334 g/mol. The van der Waals surface area contributed by atoms with Crippen molar-refractivity contribution in [1.82, 2.24) is 5.32 Å². The fourth-order valence-electron chi connectivity index (χ4n) is 2.59.